The summed E-state index contributed by atoms with van der Waals surface area (Å²) in [6.45, 7) is -1.25. The van der Waals surface area contributed by atoms with Gasteiger partial charge in [-0.05, 0) is 23.8 Å². The summed E-state index contributed by atoms with van der Waals surface area (Å²) in [5.74, 6) is -4.23. The van der Waals surface area contributed by atoms with Crippen molar-refractivity contribution in [2.24, 2.45) is 0 Å². The van der Waals surface area contributed by atoms with Crippen LogP contribution in [0.15, 0.2) is 30.5 Å². The van der Waals surface area contributed by atoms with Gasteiger partial charge in [0.15, 0.2) is 0 Å². The van der Waals surface area contributed by atoms with E-state index < -0.39 is 43.3 Å². The molecule has 0 bridgehead atoms. The number of nitriles is 1. The molecule has 9 heteroatoms. The standard InChI is InChI=1S/C18H17F2N5O2/c19-18(20)7-13(8-21)25(10-18)17(27)9-24-16(26)5-11-3-4-23-15-6-12(22)1-2-14(11)15/h1-4,6,13H,5,7,9-10,22H2,(H,24,26)/t13-/m0/s1. The van der Waals surface area contributed by atoms with Crippen LogP contribution < -0.4 is 11.1 Å². The lowest BCUT2D eigenvalue weighted by Gasteiger charge is -2.19. The third-order valence-corrected chi connectivity index (χ3v) is 4.38. The van der Waals surface area contributed by atoms with Crippen molar-refractivity contribution >= 4 is 28.4 Å². The number of hydrogen-bond donors (Lipinski definition) is 2. The predicted octanol–water partition coefficient (Wildman–Crippen LogP) is 1.24. The summed E-state index contributed by atoms with van der Waals surface area (Å²) in [5, 5.41) is 12.1. The summed E-state index contributed by atoms with van der Waals surface area (Å²) in [5.41, 5.74) is 7.62. The molecule has 140 valence electrons. The first-order valence-corrected chi connectivity index (χ1v) is 8.26. The minimum absolute atomic E-state index is 0.00590. The van der Waals surface area contributed by atoms with Crippen LogP contribution in [0.25, 0.3) is 10.9 Å². The zero-order valence-corrected chi connectivity index (χ0v) is 14.3. The maximum atomic E-state index is 13.4. The van der Waals surface area contributed by atoms with Gasteiger partial charge in [0.25, 0.3) is 5.92 Å². The molecular weight excluding hydrogens is 356 g/mol. The van der Waals surface area contributed by atoms with Gasteiger partial charge in [0.2, 0.25) is 11.8 Å². The molecule has 1 atom stereocenters. The third kappa shape index (κ3) is 4.11. The van der Waals surface area contributed by atoms with Gasteiger partial charge in [-0.15, -0.1) is 0 Å². The number of hydrogen-bond acceptors (Lipinski definition) is 5. The number of likely N-dealkylation sites (tertiary alicyclic amines) is 1. The van der Waals surface area contributed by atoms with Crippen LogP contribution in [0.2, 0.25) is 0 Å². The molecule has 7 nitrogen and oxygen atoms in total. The Morgan fingerprint density at radius 3 is 2.93 bits per heavy atom. The Morgan fingerprint density at radius 2 is 2.19 bits per heavy atom. The highest BCUT2D eigenvalue weighted by molar-refractivity contribution is 5.91. The number of carbonyl (C=O) groups excluding carboxylic acids is 2. The molecule has 1 aromatic heterocycles. The second kappa shape index (κ2) is 7.15. The van der Waals surface area contributed by atoms with Gasteiger partial charge in [-0.1, -0.05) is 6.07 Å². The number of aromatic nitrogens is 1. The third-order valence-electron chi connectivity index (χ3n) is 4.38. The van der Waals surface area contributed by atoms with Gasteiger partial charge in [0.05, 0.1) is 31.1 Å². The number of anilines is 1. The van der Waals surface area contributed by atoms with Gasteiger partial charge in [-0.25, -0.2) is 8.78 Å². The molecule has 3 rings (SSSR count). The first kappa shape index (κ1) is 18.5. The summed E-state index contributed by atoms with van der Waals surface area (Å²) >= 11 is 0. The van der Waals surface area contributed by atoms with E-state index in [4.69, 9.17) is 11.0 Å². The fraction of sp³-hybridized carbons (Fsp3) is 0.333. The number of nitrogens with one attached hydrogen (secondary N) is 1. The van der Waals surface area contributed by atoms with Crippen molar-refractivity contribution in [2.75, 3.05) is 18.8 Å². The molecule has 27 heavy (non-hydrogen) atoms. The van der Waals surface area contributed by atoms with Crippen molar-refractivity contribution in [3.05, 3.63) is 36.0 Å². The van der Waals surface area contributed by atoms with E-state index in [1.807, 2.05) is 0 Å². The number of fused-ring (bicyclic) bond motifs is 1. The Bertz CT molecular complexity index is 941. The van der Waals surface area contributed by atoms with E-state index in [1.165, 1.54) is 0 Å². The van der Waals surface area contributed by atoms with E-state index in [2.05, 4.69) is 10.3 Å². The molecule has 0 spiro atoms. The second-order valence-corrected chi connectivity index (χ2v) is 6.43. The summed E-state index contributed by atoms with van der Waals surface area (Å²) in [6, 6.07) is 7.35. The fourth-order valence-corrected chi connectivity index (χ4v) is 3.08. The molecule has 1 aliphatic heterocycles. The van der Waals surface area contributed by atoms with Crippen LogP contribution in [0.5, 0.6) is 0 Å². The van der Waals surface area contributed by atoms with Crippen LogP contribution in [-0.4, -0.2) is 46.8 Å². The van der Waals surface area contributed by atoms with Gasteiger partial charge < -0.3 is 16.0 Å². The monoisotopic (exact) mass is 373 g/mol. The molecule has 0 aliphatic carbocycles. The number of carbonyl (C=O) groups is 2. The maximum absolute atomic E-state index is 13.4. The zero-order valence-electron chi connectivity index (χ0n) is 14.3. The van der Waals surface area contributed by atoms with E-state index in [9.17, 15) is 18.4 Å². The largest absolute Gasteiger partial charge is 0.399 e. The second-order valence-electron chi connectivity index (χ2n) is 6.43. The summed E-state index contributed by atoms with van der Waals surface area (Å²) in [4.78, 5) is 29.3. The van der Waals surface area contributed by atoms with Crippen molar-refractivity contribution in [3.8, 4) is 6.07 Å². The first-order chi connectivity index (χ1) is 12.8. The quantitative estimate of drug-likeness (QED) is 0.783. The number of amides is 2. The number of nitrogens with two attached hydrogens (primary N) is 1. The summed E-state index contributed by atoms with van der Waals surface area (Å²) < 4.78 is 26.8. The Morgan fingerprint density at radius 1 is 1.41 bits per heavy atom. The predicted molar refractivity (Wildman–Crippen MR) is 93.5 cm³/mol. The fourth-order valence-electron chi connectivity index (χ4n) is 3.08. The average molecular weight is 373 g/mol. The van der Waals surface area contributed by atoms with E-state index in [0.717, 1.165) is 10.3 Å². The maximum Gasteiger partial charge on any atom is 0.268 e. The number of alkyl halides is 2. The lowest BCUT2D eigenvalue weighted by Crippen LogP contribution is -2.43. The molecule has 1 fully saturated rings. The molecule has 3 N–H and O–H groups in total. The number of benzene rings is 1. The molecule has 1 aliphatic rings. The molecule has 2 amide bonds. The average Bonchev–Trinajstić information content (AvgIpc) is 2.94. The van der Waals surface area contributed by atoms with E-state index >= 15 is 0 Å². The van der Waals surface area contributed by atoms with Gasteiger partial charge in [0.1, 0.15) is 6.04 Å². The zero-order chi connectivity index (χ0) is 19.6. The minimum Gasteiger partial charge on any atom is -0.399 e. The van der Waals surface area contributed by atoms with E-state index in [0.29, 0.717) is 16.8 Å². The highest BCUT2D eigenvalue weighted by Gasteiger charge is 2.47. The molecule has 0 saturated carbocycles. The van der Waals surface area contributed by atoms with Crippen LogP contribution in [-0.2, 0) is 16.0 Å². The Labute approximate surface area is 153 Å². The van der Waals surface area contributed by atoms with Crippen molar-refractivity contribution in [2.45, 2.75) is 24.8 Å². The van der Waals surface area contributed by atoms with Crippen LogP contribution in [0.4, 0.5) is 14.5 Å². The van der Waals surface area contributed by atoms with E-state index in [1.54, 1.807) is 36.5 Å². The summed E-state index contributed by atoms with van der Waals surface area (Å²) in [6.07, 6.45) is 0.864. The minimum atomic E-state index is -3.09. The van der Waals surface area contributed by atoms with Crippen LogP contribution in [0, 0.1) is 11.3 Å². The number of rotatable bonds is 4. The Kier molecular flexibility index (Phi) is 4.90. The van der Waals surface area contributed by atoms with E-state index in [-0.39, 0.29) is 6.42 Å². The first-order valence-electron chi connectivity index (χ1n) is 8.26. The van der Waals surface area contributed by atoms with Gasteiger partial charge in [-0.2, -0.15) is 5.26 Å². The SMILES string of the molecule is N#C[C@@H]1CC(F)(F)CN1C(=O)CNC(=O)Cc1ccnc2cc(N)ccc12. The van der Waals surface area contributed by atoms with Gasteiger partial charge >= 0.3 is 0 Å². The van der Waals surface area contributed by atoms with Crippen molar-refractivity contribution in [3.63, 3.8) is 0 Å². The van der Waals surface area contributed by atoms with Crippen LogP contribution >= 0.6 is 0 Å². The number of nitrogens with zero attached hydrogens (tertiary/aromatic N) is 3. The molecule has 1 saturated heterocycles. The lowest BCUT2D eigenvalue weighted by atomic mass is 10.1. The van der Waals surface area contributed by atoms with Gasteiger partial charge in [0, 0.05) is 23.7 Å². The highest BCUT2D eigenvalue weighted by atomic mass is 19.3. The van der Waals surface area contributed by atoms with Crippen molar-refractivity contribution in [1.82, 2.24) is 15.2 Å². The number of pyridine rings is 1. The molecule has 2 aromatic rings. The molecule has 2 heterocycles. The van der Waals surface area contributed by atoms with Crippen LogP contribution in [0.3, 0.4) is 0 Å². The lowest BCUT2D eigenvalue weighted by molar-refractivity contribution is -0.133. The Balaban J connectivity index is 1.62. The number of halogens is 2. The molecular formula is C18H17F2N5O2. The van der Waals surface area contributed by atoms with Crippen LogP contribution in [0.1, 0.15) is 12.0 Å². The summed E-state index contributed by atoms with van der Waals surface area (Å²) in [7, 11) is 0. The topological polar surface area (TPSA) is 112 Å². The normalized spacial score (nSPS) is 18.3. The highest BCUT2D eigenvalue weighted by Crippen LogP contribution is 2.31. The molecule has 1 aromatic carbocycles. The Hall–Kier alpha value is -3.28. The van der Waals surface area contributed by atoms with Gasteiger partial charge in [-0.3, -0.25) is 14.6 Å². The molecule has 0 radical (unpaired) electrons. The van der Waals surface area contributed by atoms with Crippen molar-refractivity contribution < 1.29 is 18.4 Å². The molecule has 0 unspecified atom stereocenters. The number of nitrogen functional groups attached to an aromatic ring is 1. The smallest absolute Gasteiger partial charge is 0.268 e. The van der Waals surface area contributed by atoms with Crippen molar-refractivity contribution in [1.29, 1.82) is 5.26 Å².